The van der Waals surface area contributed by atoms with Crippen molar-refractivity contribution >= 4 is 29.0 Å². The Labute approximate surface area is 147 Å². The van der Waals surface area contributed by atoms with Gasteiger partial charge in [-0.2, -0.15) is 5.26 Å². The zero-order valence-electron chi connectivity index (χ0n) is 13.5. The van der Waals surface area contributed by atoms with Gasteiger partial charge in [0.05, 0.1) is 15.6 Å². The molecule has 0 unspecified atom stereocenters. The number of aromatic nitrogens is 1. The van der Waals surface area contributed by atoms with Crippen LogP contribution < -0.4 is 0 Å². The number of hydrogen-bond donors (Lipinski definition) is 0. The number of allylic oxidation sites excluding steroid dienone is 1. The second-order valence-electron chi connectivity index (χ2n) is 5.03. The molecule has 0 radical (unpaired) electrons. The Balaban J connectivity index is 2.59. The van der Waals surface area contributed by atoms with E-state index < -0.39 is 0 Å². The van der Waals surface area contributed by atoms with Gasteiger partial charge in [-0.25, -0.2) is 0 Å². The number of nitriles is 1. The van der Waals surface area contributed by atoms with E-state index in [2.05, 4.69) is 24.8 Å². The Morgan fingerprint density at radius 1 is 1.22 bits per heavy atom. The Morgan fingerprint density at radius 2 is 1.91 bits per heavy atom. The first-order valence-corrected chi connectivity index (χ1v) is 8.31. The second kappa shape index (κ2) is 7.59. The van der Waals surface area contributed by atoms with Gasteiger partial charge in [-0.15, -0.1) is 0 Å². The number of hydrogen-bond acceptors (Lipinski definition) is 2. The predicted molar refractivity (Wildman–Crippen MR) is 97.5 cm³/mol. The average Bonchev–Trinajstić information content (AvgIpc) is 2.98. The van der Waals surface area contributed by atoms with Gasteiger partial charge in [-0.3, -0.25) is 0 Å². The Morgan fingerprint density at radius 3 is 2.48 bits per heavy atom. The minimum absolute atomic E-state index is 0.466. The molecule has 0 bridgehead atoms. The van der Waals surface area contributed by atoms with Gasteiger partial charge in [0.1, 0.15) is 11.9 Å². The normalized spacial score (nSPS) is 11.4. The maximum absolute atomic E-state index is 9.49. The highest BCUT2D eigenvalue weighted by Gasteiger charge is 2.16. The third kappa shape index (κ3) is 3.39. The van der Waals surface area contributed by atoms with Crippen LogP contribution in [0.5, 0.6) is 0 Å². The fourth-order valence-corrected chi connectivity index (χ4v) is 3.05. The molecule has 3 nitrogen and oxygen atoms in total. The quantitative estimate of drug-likeness (QED) is 0.715. The van der Waals surface area contributed by atoms with Crippen molar-refractivity contribution in [3.63, 3.8) is 0 Å². The predicted octanol–water partition coefficient (Wildman–Crippen LogP) is 5.49. The van der Waals surface area contributed by atoms with Crippen molar-refractivity contribution in [2.75, 3.05) is 13.1 Å². The summed E-state index contributed by atoms with van der Waals surface area (Å²) in [5.74, 6) is 1.04. The highest BCUT2D eigenvalue weighted by atomic mass is 35.5. The van der Waals surface area contributed by atoms with Crippen LogP contribution in [0.25, 0.3) is 16.9 Å². The lowest BCUT2D eigenvalue weighted by Crippen LogP contribution is -2.24. The fraction of sp³-hybridized carbons (Fsp3) is 0.278. The molecule has 0 aliphatic carbocycles. The van der Waals surface area contributed by atoms with E-state index in [0.29, 0.717) is 15.6 Å². The van der Waals surface area contributed by atoms with Crippen molar-refractivity contribution in [1.82, 2.24) is 9.47 Å². The summed E-state index contributed by atoms with van der Waals surface area (Å²) in [5, 5.41) is 10.4. The topological polar surface area (TPSA) is 32.0 Å². The lowest BCUT2D eigenvalue weighted by molar-refractivity contribution is 0.420. The summed E-state index contributed by atoms with van der Waals surface area (Å²) in [4.78, 5) is 2.23. The Bertz CT molecular complexity index is 765. The van der Waals surface area contributed by atoms with E-state index in [1.54, 1.807) is 6.07 Å². The molecule has 0 N–H and O–H groups in total. The summed E-state index contributed by atoms with van der Waals surface area (Å²) in [6.07, 6.45) is 5.81. The van der Waals surface area contributed by atoms with Crippen LogP contribution >= 0.6 is 23.2 Å². The van der Waals surface area contributed by atoms with Crippen LogP contribution in [0.2, 0.25) is 10.0 Å². The lowest BCUT2D eigenvalue weighted by atomic mass is 10.1. The van der Waals surface area contributed by atoms with E-state index in [1.165, 1.54) is 0 Å². The second-order valence-corrected chi connectivity index (χ2v) is 5.81. The fourth-order valence-electron chi connectivity index (χ4n) is 2.64. The molecule has 0 aliphatic heterocycles. The van der Waals surface area contributed by atoms with E-state index >= 15 is 0 Å². The molecule has 120 valence electrons. The molecule has 1 aromatic heterocycles. The largest absolute Gasteiger partial charge is 0.359 e. The molecule has 1 aromatic carbocycles. The summed E-state index contributed by atoms with van der Waals surface area (Å²) in [7, 11) is 0. The highest BCUT2D eigenvalue weighted by molar-refractivity contribution is 6.43. The average molecular weight is 348 g/mol. The van der Waals surface area contributed by atoms with E-state index in [1.807, 2.05) is 42.1 Å². The molecule has 2 aromatic rings. The smallest absolute Gasteiger partial charge is 0.108 e. The third-order valence-corrected chi connectivity index (χ3v) is 4.62. The van der Waals surface area contributed by atoms with Crippen LogP contribution in [0, 0.1) is 11.3 Å². The lowest BCUT2D eigenvalue weighted by Gasteiger charge is -2.24. The van der Waals surface area contributed by atoms with Gasteiger partial charge in [-0.05, 0) is 32.9 Å². The standard InChI is InChI=1S/C18H19Cl2N3/c1-4-17(22(5-2)6-3)23-11-13(10-21)15(12-23)14-8-7-9-16(19)18(14)20/h4,7-9,11-12H,5-6H2,1-3H3/b17-4-. The van der Waals surface area contributed by atoms with E-state index in [9.17, 15) is 5.26 Å². The zero-order chi connectivity index (χ0) is 17.0. The van der Waals surface area contributed by atoms with Crippen molar-refractivity contribution in [1.29, 1.82) is 5.26 Å². The number of halogens is 2. The van der Waals surface area contributed by atoms with Crippen LogP contribution in [-0.2, 0) is 0 Å². The maximum atomic E-state index is 9.49. The van der Waals surface area contributed by atoms with Crippen LogP contribution in [-0.4, -0.2) is 22.6 Å². The molecule has 0 atom stereocenters. The van der Waals surface area contributed by atoms with E-state index in [4.69, 9.17) is 23.2 Å². The SMILES string of the molecule is C/C=C(/N(CC)CC)n1cc(C#N)c(-c2cccc(Cl)c2Cl)c1. The molecular formula is C18H19Cl2N3. The molecule has 0 fully saturated rings. The van der Waals surface area contributed by atoms with E-state index in [0.717, 1.165) is 30.0 Å². The molecule has 5 heteroatoms. The summed E-state index contributed by atoms with van der Waals surface area (Å²) in [6.45, 7) is 7.99. The molecule has 2 rings (SSSR count). The van der Waals surface area contributed by atoms with Crippen LogP contribution in [0.15, 0.2) is 36.7 Å². The van der Waals surface area contributed by atoms with Gasteiger partial charge in [0, 0.05) is 36.6 Å². The molecule has 1 heterocycles. The monoisotopic (exact) mass is 347 g/mol. The van der Waals surface area contributed by atoms with Crippen molar-refractivity contribution in [3.05, 3.63) is 52.3 Å². The molecule has 0 saturated heterocycles. The first-order valence-electron chi connectivity index (χ1n) is 7.55. The van der Waals surface area contributed by atoms with Gasteiger partial charge < -0.3 is 9.47 Å². The van der Waals surface area contributed by atoms with Crippen LogP contribution in [0.3, 0.4) is 0 Å². The maximum Gasteiger partial charge on any atom is 0.108 e. The van der Waals surface area contributed by atoms with Gasteiger partial charge in [0.25, 0.3) is 0 Å². The molecule has 23 heavy (non-hydrogen) atoms. The molecular weight excluding hydrogens is 329 g/mol. The summed E-state index contributed by atoms with van der Waals surface area (Å²) < 4.78 is 1.97. The molecule has 0 aliphatic rings. The third-order valence-electron chi connectivity index (χ3n) is 3.80. The highest BCUT2D eigenvalue weighted by Crippen LogP contribution is 2.36. The number of rotatable bonds is 5. The van der Waals surface area contributed by atoms with Gasteiger partial charge >= 0.3 is 0 Å². The summed E-state index contributed by atoms with van der Waals surface area (Å²) >= 11 is 12.4. The summed E-state index contributed by atoms with van der Waals surface area (Å²) in [5.41, 5.74) is 2.12. The minimum atomic E-state index is 0.466. The first-order chi connectivity index (χ1) is 11.1. The molecule has 0 amide bonds. The van der Waals surface area contributed by atoms with Gasteiger partial charge in [-0.1, -0.05) is 35.3 Å². The van der Waals surface area contributed by atoms with E-state index in [-0.39, 0.29) is 0 Å². The Hall–Kier alpha value is -1.89. The zero-order valence-corrected chi connectivity index (χ0v) is 15.0. The first kappa shape index (κ1) is 17.5. The van der Waals surface area contributed by atoms with Crippen LogP contribution in [0.1, 0.15) is 26.3 Å². The van der Waals surface area contributed by atoms with Crippen molar-refractivity contribution in [2.45, 2.75) is 20.8 Å². The number of nitrogens with zero attached hydrogens (tertiary/aromatic N) is 3. The molecule has 0 saturated carbocycles. The minimum Gasteiger partial charge on any atom is -0.359 e. The van der Waals surface area contributed by atoms with Crippen molar-refractivity contribution in [3.8, 4) is 17.2 Å². The van der Waals surface area contributed by atoms with Crippen molar-refractivity contribution < 1.29 is 0 Å². The summed E-state index contributed by atoms with van der Waals surface area (Å²) in [6, 6.07) is 7.70. The molecule has 0 spiro atoms. The van der Waals surface area contributed by atoms with Crippen molar-refractivity contribution in [2.24, 2.45) is 0 Å². The number of benzene rings is 1. The van der Waals surface area contributed by atoms with Gasteiger partial charge in [0.2, 0.25) is 0 Å². The van der Waals surface area contributed by atoms with Crippen LogP contribution in [0.4, 0.5) is 0 Å². The Kier molecular flexibility index (Phi) is 5.76. The van der Waals surface area contributed by atoms with Gasteiger partial charge in [0.15, 0.2) is 0 Å².